The van der Waals surface area contributed by atoms with Gasteiger partial charge in [0.1, 0.15) is 11.6 Å². The Hall–Kier alpha value is -0.960. The quantitative estimate of drug-likeness (QED) is 0.831. The number of aryl methyl sites for hydroxylation is 1. The normalized spacial score (nSPS) is 19.6. The van der Waals surface area contributed by atoms with Gasteiger partial charge in [0.2, 0.25) is 0 Å². The molecule has 1 nitrogen and oxygen atoms in total. The summed E-state index contributed by atoms with van der Waals surface area (Å²) in [5.41, 5.74) is -0.116. The molecule has 0 aromatic heterocycles. The van der Waals surface area contributed by atoms with Gasteiger partial charge in [-0.15, -0.1) is 0 Å². The van der Waals surface area contributed by atoms with Crippen LogP contribution in [0.25, 0.3) is 0 Å². The van der Waals surface area contributed by atoms with Gasteiger partial charge in [0.15, 0.2) is 0 Å². The van der Waals surface area contributed by atoms with E-state index in [1.54, 1.807) is 6.92 Å². The summed E-state index contributed by atoms with van der Waals surface area (Å²) in [5.74, 6) is -0.818. The lowest BCUT2D eigenvalue weighted by Crippen LogP contribution is -2.29. The first-order valence-electron chi connectivity index (χ1n) is 7.50. The second-order valence-electron chi connectivity index (χ2n) is 6.66. The first-order chi connectivity index (χ1) is 9.37. The van der Waals surface area contributed by atoms with Crippen molar-refractivity contribution in [2.24, 2.45) is 11.3 Å². The van der Waals surface area contributed by atoms with E-state index >= 15 is 0 Å². The minimum atomic E-state index is -1.05. The van der Waals surface area contributed by atoms with Crippen LogP contribution < -0.4 is 0 Å². The van der Waals surface area contributed by atoms with Crippen LogP contribution in [0.2, 0.25) is 0 Å². The molecule has 1 aliphatic rings. The Bertz CT molecular complexity index is 476. The zero-order chi connectivity index (χ0) is 14.9. The summed E-state index contributed by atoms with van der Waals surface area (Å²) in [7, 11) is 0. The highest BCUT2D eigenvalue weighted by molar-refractivity contribution is 5.30. The summed E-state index contributed by atoms with van der Waals surface area (Å²) in [6.07, 6.45) is 3.50. The van der Waals surface area contributed by atoms with Gasteiger partial charge in [-0.2, -0.15) is 0 Å². The zero-order valence-corrected chi connectivity index (χ0v) is 12.5. The van der Waals surface area contributed by atoms with Gasteiger partial charge in [-0.3, -0.25) is 0 Å². The second kappa shape index (κ2) is 5.80. The van der Waals surface area contributed by atoms with E-state index in [1.807, 2.05) is 0 Å². The Morgan fingerprint density at radius 3 is 2.35 bits per heavy atom. The molecule has 1 aromatic carbocycles. The fourth-order valence-corrected chi connectivity index (χ4v) is 3.72. The highest BCUT2D eigenvalue weighted by Gasteiger charge is 2.43. The van der Waals surface area contributed by atoms with Crippen molar-refractivity contribution in [1.29, 1.82) is 0 Å². The predicted molar refractivity (Wildman–Crippen MR) is 76.4 cm³/mol. The molecule has 1 aromatic rings. The largest absolute Gasteiger partial charge is 0.388 e. The monoisotopic (exact) mass is 282 g/mol. The maximum absolute atomic E-state index is 14.3. The average Bonchev–Trinajstić information content (AvgIpc) is 2.83. The lowest BCUT2D eigenvalue weighted by molar-refractivity contribution is 0.00612. The Kier molecular flexibility index (Phi) is 4.48. The molecule has 1 N–H and O–H groups in total. The van der Waals surface area contributed by atoms with Crippen LogP contribution in [0, 0.1) is 29.9 Å². The van der Waals surface area contributed by atoms with Gasteiger partial charge in [0, 0.05) is 5.41 Å². The SMILES string of the molecule is Cc1ccc(F)c(C(O)C2(CC(C)C)CCCC2)c1F. The van der Waals surface area contributed by atoms with Gasteiger partial charge in [-0.25, -0.2) is 8.78 Å². The van der Waals surface area contributed by atoms with Crippen LogP contribution in [0.4, 0.5) is 8.78 Å². The molecule has 1 atom stereocenters. The number of aliphatic hydroxyl groups is 1. The Balaban J connectivity index is 2.43. The topological polar surface area (TPSA) is 20.2 Å². The Morgan fingerprint density at radius 1 is 1.20 bits per heavy atom. The van der Waals surface area contributed by atoms with E-state index in [4.69, 9.17) is 0 Å². The number of benzene rings is 1. The van der Waals surface area contributed by atoms with Crippen molar-refractivity contribution in [2.45, 2.75) is 59.0 Å². The summed E-state index contributed by atoms with van der Waals surface area (Å²) in [6, 6.07) is 2.68. The summed E-state index contributed by atoms with van der Waals surface area (Å²) in [4.78, 5) is 0. The van der Waals surface area contributed by atoms with Crippen LogP contribution in [-0.2, 0) is 0 Å². The van der Waals surface area contributed by atoms with E-state index in [0.717, 1.165) is 32.1 Å². The highest BCUT2D eigenvalue weighted by atomic mass is 19.1. The molecular weight excluding hydrogens is 258 g/mol. The number of hydrogen-bond acceptors (Lipinski definition) is 1. The number of halogens is 2. The highest BCUT2D eigenvalue weighted by Crippen LogP contribution is 2.52. The molecule has 1 fully saturated rings. The predicted octanol–water partition coefficient (Wildman–Crippen LogP) is 4.91. The van der Waals surface area contributed by atoms with Gasteiger partial charge >= 0.3 is 0 Å². The number of hydrogen-bond donors (Lipinski definition) is 1. The van der Waals surface area contributed by atoms with Gasteiger partial charge in [0.25, 0.3) is 0 Å². The third-order valence-corrected chi connectivity index (χ3v) is 4.59. The van der Waals surface area contributed by atoms with Crippen molar-refractivity contribution in [3.63, 3.8) is 0 Å². The summed E-state index contributed by atoms with van der Waals surface area (Å²) in [5, 5.41) is 10.7. The summed E-state index contributed by atoms with van der Waals surface area (Å²) in [6.45, 7) is 5.79. The van der Waals surface area contributed by atoms with Crippen LogP contribution in [0.5, 0.6) is 0 Å². The van der Waals surface area contributed by atoms with Gasteiger partial charge < -0.3 is 5.11 Å². The fourth-order valence-electron chi connectivity index (χ4n) is 3.72. The van der Waals surface area contributed by atoms with Crippen molar-refractivity contribution in [2.75, 3.05) is 0 Å². The van der Waals surface area contributed by atoms with Gasteiger partial charge in [-0.05, 0) is 43.7 Å². The molecule has 0 amide bonds. The van der Waals surface area contributed by atoms with E-state index in [2.05, 4.69) is 13.8 Å². The molecule has 1 unspecified atom stereocenters. The first kappa shape index (κ1) is 15.4. The zero-order valence-electron chi connectivity index (χ0n) is 12.5. The maximum atomic E-state index is 14.3. The van der Waals surface area contributed by atoms with Crippen LogP contribution >= 0.6 is 0 Å². The Morgan fingerprint density at radius 2 is 1.80 bits per heavy atom. The van der Waals surface area contributed by atoms with Crippen molar-refractivity contribution >= 4 is 0 Å². The summed E-state index contributed by atoms with van der Waals surface area (Å²) >= 11 is 0. The van der Waals surface area contributed by atoms with E-state index in [1.165, 1.54) is 12.1 Å². The second-order valence-corrected chi connectivity index (χ2v) is 6.66. The molecule has 1 aliphatic carbocycles. The molecule has 0 heterocycles. The van der Waals surface area contributed by atoms with Crippen molar-refractivity contribution < 1.29 is 13.9 Å². The molecule has 3 heteroatoms. The number of rotatable bonds is 4. The standard InChI is InChI=1S/C17H24F2O/c1-11(2)10-17(8-4-5-9-17)16(20)14-13(18)7-6-12(3)15(14)19/h6-7,11,16,20H,4-5,8-10H2,1-3H3. The van der Waals surface area contributed by atoms with E-state index in [9.17, 15) is 13.9 Å². The van der Waals surface area contributed by atoms with E-state index in [-0.39, 0.29) is 11.0 Å². The molecule has 0 spiro atoms. The molecule has 0 radical (unpaired) electrons. The summed E-state index contributed by atoms with van der Waals surface area (Å²) < 4.78 is 28.3. The lowest BCUT2D eigenvalue weighted by atomic mass is 9.71. The third kappa shape index (κ3) is 2.73. The van der Waals surface area contributed by atoms with E-state index < -0.39 is 17.7 Å². The molecule has 0 bridgehead atoms. The molecule has 112 valence electrons. The van der Waals surface area contributed by atoms with Crippen LogP contribution in [-0.4, -0.2) is 5.11 Å². The van der Waals surface area contributed by atoms with Gasteiger partial charge in [-0.1, -0.05) is 32.8 Å². The minimum Gasteiger partial charge on any atom is -0.388 e. The molecule has 2 rings (SSSR count). The molecular formula is C17H24F2O. The average molecular weight is 282 g/mol. The Labute approximate surface area is 120 Å². The first-order valence-corrected chi connectivity index (χ1v) is 7.50. The van der Waals surface area contributed by atoms with E-state index in [0.29, 0.717) is 11.5 Å². The lowest BCUT2D eigenvalue weighted by Gasteiger charge is -2.36. The van der Waals surface area contributed by atoms with Crippen LogP contribution in [0.1, 0.15) is 63.2 Å². The molecule has 0 aliphatic heterocycles. The van der Waals surface area contributed by atoms with Crippen LogP contribution in [0.3, 0.4) is 0 Å². The number of aliphatic hydroxyl groups excluding tert-OH is 1. The molecule has 0 saturated heterocycles. The molecule has 1 saturated carbocycles. The minimum absolute atomic E-state index is 0.132. The van der Waals surface area contributed by atoms with Gasteiger partial charge in [0.05, 0.1) is 11.7 Å². The maximum Gasteiger partial charge on any atom is 0.134 e. The smallest absolute Gasteiger partial charge is 0.134 e. The molecule has 20 heavy (non-hydrogen) atoms. The third-order valence-electron chi connectivity index (χ3n) is 4.59. The van der Waals surface area contributed by atoms with Crippen molar-refractivity contribution in [3.8, 4) is 0 Å². The van der Waals surface area contributed by atoms with Crippen LogP contribution in [0.15, 0.2) is 12.1 Å². The van der Waals surface area contributed by atoms with Crippen molar-refractivity contribution in [1.82, 2.24) is 0 Å². The fraction of sp³-hybridized carbons (Fsp3) is 0.647. The van der Waals surface area contributed by atoms with Crippen molar-refractivity contribution in [3.05, 3.63) is 34.9 Å².